The van der Waals surface area contributed by atoms with Crippen LogP contribution in [0.3, 0.4) is 0 Å². The summed E-state index contributed by atoms with van der Waals surface area (Å²) in [6, 6.07) is 6.53. The molecule has 0 radical (unpaired) electrons. The van der Waals surface area contributed by atoms with Crippen LogP contribution in [0.15, 0.2) is 30.3 Å². The Labute approximate surface area is 171 Å². The number of benzene rings is 1. The zero-order valence-electron chi connectivity index (χ0n) is 17.1. The first-order chi connectivity index (χ1) is 14.1. The maximum absolute atomic E-state index is 12.9. The molecule has 0 amide bonds. The summed E-state index contributed by atoms with van der Waals surface area (Å²) >= 11 is 0. The van der Waals surface area contributed by atoms with E-state index in [-0.39, 0.29) is 29.8 Å². The van der Waals surface area contributed by atoms with E-state index in [0.29, 0.717) is 12.2 Å². The zero-order chi connectivity index (χ0) is 22.1. The Hall–Kier alpha value is -3.01. The number of carbonyl (C=O) groups excluding carboxylic acids is 1. The highest BCUT2D eigenvalue weighted by atomic mass is 19.4. The molecule has 2 heterocycles. The smallest absolute Gasteiger partial charge is 0.383 e. The first kappa shape index (κ1) is 21.7. The van der Waals surface area contributed by atoms with Gasteiger partial charge in [0.2, 0.25) is 5.82 Å². The van der Waals surface area contributed by atoms with Gasteiger partial charge in [-0.3, -0.25) is 4.79 Å². The fraction of sp³-hybridized carbons (Fsp3) is 0.400. The van der Waals surface area contributed by atoms with Gasteiger partial charge in [0.15, 0.2) is 5.78 Å². The number of ketones is 1. The highest BCUT2D eigenvalue weighted by Gasteiger charge is 2.30. The second-order valence-corrected chi connectivity index (χ2v) is 7.10. The largest absolute Gasteiger partial charge is 0.416 e. The Morgan fingerprint density at radius 3 is 2.63 bits per heavy atom. The number of Topliss-reactive ketones (excluding diaryl/α,β-unsaturated/α-hetero) is 1. The molecule has 0 aliphatic carbocycles. The van der Waals surface area contributed by atoms with Crippen LogP contribution in [0.5, 0.6) is 0 Å². The Balaban J connectivity index is 1.80. The van der Waals surface area contributed by atoms with Crippen molar-refractivity contribution in [2.75, 3.05) is 13.7 Å². The van der Waals surface area contributed by atoms with Gasteiger partial charge >= 0.3 is 6.18 Å². The predicted molar refractivity (Wildman–Crippen MR) is 103 cm³/mol. The van der Waals surface area contributed by atoms with Gasteiger partial charge in [-0.05, 0) is 44.2 Å². The van der Waals surface area contributed by atoms with Crippen LogP contribution in [0.2, 0.25) is 0 Å². The van der Waals surface area contributed by atoms with E-state index in [2.05, 4.69) is 15.4 Å². The van der Waals surface area contributed by atoms with Gasteiger partial charge in [-0.1, -0.05) is 12.1 Å². The molecule has 30 heavy (non-hydrogen) atoms. The number of hydrogen-bond acceptors (Lipinski definition) is 5. The molecule has 0 unspecified atom stereocenters. The van der Waals surface area contributed by atoms with Gasteiger partial charge in [-0.15, -0.1) is 10.2 Å². The van der Waals surface area contributed by atoms with E-state index < -0.39 is 11.7 Å². The lowest BCUT2D eigenvalue weighted by atomic mass is 10.1. The zero-order valence-corrected chi connectivity index (χ0v) is 17.1. The molecular formula is C20H22F3N5O2. The van der Waals surface area contributed by atoms with Crippen LogP contribution in [0, 0.1) is 13.8 Å². The van der Waals surface area contributed by atoms with Gasteiger partial charge in [0, 0.05) is 29.6 Å². The van der Waals surface area contributed by atoms with Gasteiger partial charge in [-0.25, -0.2) is 0 Å². The maximum atomic E-state index is 12.9. The predicted octanol–water partition coefficient (Wildman–Crippen LogP) is 3.87. The summed E-state index contributed by atoms with van der Waals surface area (Å²) in [5, 5.41) is 11.7. The van der Waals surface area contributed by atoms with E-state index >= 15 is 0 Å². The third-order valence-corrected chi connectivity index (χ3v) is 4.82. The minimum atomic E-state index is -4.47. The number of aromatic nitrogens is 5. The standard InChI is InChI=1S/C20H22F3N5O2/c1-12-8-17(14(3)28(12)13(2)11-30-4)18(29)10-27-25-19(24-26-27)15-6-5-7-16(9-15)20(21,22)23/h5-9,13H,10-11H2,1-4H3/t13-/m1/s1. The Kier molecular flexibility index (Phi) is 6.06. The summed E-state index contributed by atoms with van der Waals surface area (Å²) in [6.07, 6.45) is -4.47. The molecule has 0 bridgehead atoms. The first-order valence-electron chi connectivity index (χ1n) is 9.27. The monoisotopic (exact) mass is 421 g/mol. The number of tetrazole rings is 1. The number of nitrogens with zero attached hydrogens (tertiary/aromatic N) is 5. The molecular weight excluding hydrogens is 399 g/mol. The topological polar surface area (TPSA) is 74.8 Å². The maximum Gasteiger partial charge on any atom is 0.416 e. The molecule has 0 aliphatic heterocycles. The van der Waals surface area contributed by atoms with E-state index in [1.165, 1.54) is 12.1 Å². The normalized spacial score (nSPS) is 12.9. The molecule has 7 nitrogen and oxygen atoms in total. The van der Waals surface area contributed by atoms with Crippen LogP contribution >= 0.6 is 0 Å². The molecule has 10 heteroatoms. The fourth-order valence-electron chi connectivity index (χ4n) is 3.53. The molecule has 1 aromatic carbocycles. The minimum absolute atomic E-state index is 0.0214. The van der Waals surface area contributed by atoms with E-state index in [4.69, 9.17) is 4.74 Å². The van der Waals surface area contributed by atoms with Crippen molar-refractivity contribution < 1.29 is 22.7 Å². The van der Waals surface area contributed by atoms with E-state index in [1.54, 1.807) is 13.2 Å². The third-order valence-electron chi connectivity index (χ3n) is 4.82. The molecule has 0 spiro atoms. The van der Waals surface area contributed by atoms with Gasteiger partial charge < -0.3 is 9.30 Å². The van der Waals surface area contributed by atoms with Crippen LogP contribution < -0.4 is 0 Å². The van der Waals surface area contributed by atoms with E-state index in [1.807, 2.05) is 25.3 Å². The molecule has 1 atom stereocenters. The van der Waals surface area contributed by atoms with Crippen molar-refractivity contribution in [2.45, 2.75) is 39.5 Å². The lowest BCUT2D eigenvalue weighted by Crippen LogP contribution is -2.16. The molecule has 0 saturated carbocycles. The number of aryl methyl sites for hydroxylation is 1. The number of rotatable bonds is 7. The number of hydrogen-bond donors (Lipinski definition) is 0. The molecule has 0 saturated heterocycles. The van der Waals surface area contributed by atoms with Crippen molar-refractivity contribution in [1.82, 2.24) is 24.8 Å². The Morgan fingerprint density at radius 1 is 1.23 bits per heavy atom. The molecule has 3 rings (SSSR count). The molecule has 0 aliphatic rings. The lowest BCUT2D eigenvalue weighted by Gasteiger charge is -2.17. The van der Waals surface area contributed by atoms with E-state index in [9.17, 15) is 18.0 Å². The highest BCUT2D eigenvalue weighted by molar-refractivity contribution is 5.97. The van der Waals surface area contributed by atoms with Crippen molar-refractivity contribution in [3.8, 4) is 11.4 Å². The second-order valence-electron chi connectivity index (χ2n) is 7.10. The van der Waals surface area contributed by atoms with Gasteiger partial charge in [0.05, 0.1) is 18.2 Å². The van der Waals surface area contributed by atoms with Crippen molar-refractivity contribution in [3.05, 3.63) is 52.8 Å². The minimum Gasteiger partial charge on any atom is -0.383 e. The summed E-state index contributed by atoms with van der Waals surface area (Å²) in [6.45, 7) is 6.10. The van der Waals surface area contributed by atoms with Crippen LogP contribution in [-0.2, 0) is 17.5 Å². The number of carbonyl (C=O) groups is 1. The van der Waals surface area contributed by atoms with Gasteiger partial charge in [-0.2, -0.15) is 18.0 Å². The number of alkyl halides is 3. The van der Waals surface area contributed by atoms with Crippen molar-refractivity contribution >= 4 is 5.78 Å². The summed E-state index contributed by atoms with van der Waals surface area (Å²) in [4.78, 5) is 13.9. The van der Waals surface area contributed by atoms with E-state index in [0.717, 1.165) is 28.3 Å². The molecule has 0 N–H and O–H groups in total. The molecule has 3 aromatic rings. The number of ether oxygens (including phenoxy) is 1. The molecule has 160 valence electrons. The lowest BCUT2D eigenvalue weighted by molar-refractivity contribution is -0.137. The average Bonchev–Trinajstić information content (AvgIpc) is 3.25. The van der Waals surface area contributed by atoms with Crippen molar-refractivity contribution in [2.24, 2.45) is 0 Å². The van der Waals surface area contributed by atoms with Crippen LogP contribution in [0.1, 0.15) is 40.3 Å². The quantitative estimate of drug-likeness (QED) is 0.542. The fourth-order valence-corrected chi connectivity index (χ4v) is 3.53. The Morgan fingerprint density at radius 2 is 1.97 bits per heavy atom. The van der Waals surface area contributed by atoms with Gasteiger partial charge in [0.1, 0.15) is 6.54 Å². The first-order valence-corrected chi connectivity index (χ1v) is 9.27. The summed E-state index contributed by atoms with van der Waals surface area (Å²) in [5.41, 5.74) is 1.64. The summed E-state index contributed by atoms with van der Waals surface area (Å²) in [7, 11) is 1.62. The van der Waals surface area contributed by atoms with Crippen LogP contribution in [0.4, 0.5) is 13.2 Å². The summed E-state index contributed by atoms with van der Waals surface area (Å²) < 4.78 is 46.0. The second kappa shape index (κ2) is 8.39. The van der Waals surface area contributed by atoms with Crippen LogP contribution in [-0.4, -0.2) is 44.3 Å². The van der Waals surface area contributed by atoms with Crippen molar-refractivity contribution in [1.29, 1.82) is 0 Å². The molecule has 0 fully saturated rings. The average molecular weight is 421 g/mol. The SMILES string of the molecule is COC[C@@H](C)n1c(C)cc(C(=O)Cn2nnc(-c3cccc(C(F)(F)F)c3)n2)c1C. The number of halogens is 3. The van der Waals surface area contributed by atoms with Gasteiger partial charge in [0.25, 0.3) is 0 Å². The van der Waals surface area contributed by atoms with Crippen LogP contribution in [0.25, 0.3) is 11.4 Å². The summed E-state index contributed by atoms with van der Waals surface area (Å²) in [5.74, 6) is -0.194. The third kappa shape index (κ3) is 4.43. The molecule has 2 aromatic heterocycles. The highest BCUT2D eigenvalue weighted by Crippen LogP contribution is 2.31. The Bertz CT molecular complexity index is 1060. The number of methoxy groups -OCH3 is 1. The van der Waals surface area contributed by atoms with Crippen molar-refractivity contribution in [3.63, 3.8) is 0 Å².